The van der Waals surface area contributed by atoms with Gasteiger partial charge >= 0.3 is 0 Å². The minimum atomic E-state index is -0.270. The molecule has 1 heterocycles. The highest BCUT2D eigenvalue weighted by atomic mass is 32.1. The molecule has 0 saturated heterocycles. The van der Waals surface area contributed by atoms with E-state index in [1.165, 1.54) is 4.88 Å². The lowest BCUT2D eigenvalue weighted by atomic mass is 9.82. The van der Waals surface area contributed by atoms with Crippen LogP contribution in [0.3, 0.4) is 0 Å². The van der Waals surface area contributed by atoms with Crippen molar-refractivity contribution in [1.82, 2.24) is 0 Å². The van der Waals surface area contributed by atoms with Gasteiger partial charge in [0.05, 0.1) is 5.56 Å². The minimum absolute atomic E-state index is 0.107. The Hall–Kier alpha value is -2.26. The summed E-state index contributed by atoms with van der Waals surface area (Å²) >= 11 is 1.68. The Kier molecular flexibility index (Phi) is 3.90. The zero-order valence-electron chi connectivity index (χ0n) is 13.5. The van der Waals surface area contributed by atoms with Gasteiger partial charge in [0.1, 0.15) is 11.5 Å². The van der Waals surface area contributed by atoms with Crippen molar-refractivity contribution in [2.75, 3.05) is 0 Å². The van der Waals surface area contributed by atoms with Gasteiger partial charge in [-0.15, -0.1) is 11.3 Å². The predicted octanol–water partition coefficient (Wildman–Crippen LogP) is 5.46. The number of aromatic hydroxyl groups is 2. The van der Waals surface area contributed by atoms with Crippen LogP contribution in [0.25, 0.3) is 11.1 Å². The van der Waals surface area contributed by atoms with Crippen molar-refractivity contribution in [3.8, 4) is 22.6 Å². The molecule has 0 aliphatic rings. The van der Waals surface area contributed by atoms with E-state index in [4.69, 9.17) is 0 Å². The summed E-state index contributed by atoms with van der Waals surface area (Å²) in [5.41, 5.74) is 3.02. The summed E-state index contributed by atoms with van der Waals surface area (Å²) < 4.78 is 0. The summed E-state index contributed by atoms with van der Waals surface area (Å²) in [6.45, 7) is 6.19. The summed E-state index contributed by atoms with van der Waals surface area (Å²) in [5.74, 6) is 0.213. The van der Waals surface area contributed by atoms with Crippen molar-refractivity contribution in [2.24, 2.45) is 0 Å². The van der Waals surface area contributed by atoms with Crippen LogP contribution in [0.2, 0.25) is 0 Å². The van der Waals surface area contributed by atoms with E-state index >= 15 is 0 Å². The van der Waals surface area contributed by atoms with Gasteiger partial charge in [-0.3, -0.25) is 0 Å². The highest BCUT2D eigenvalue weighted by Gasteiger charge is 2.26. The molecule has 2 N–H and O–H groups in total. The molecule has 0 atom stereocenters. The van der Waals surface area contributed by atoms with E-state index in [2.05, 4.69) is 19.9 Å². The Morgan fingerprint density at radius 3 is 2.17 bits per heavy atom. The van der Waals surface area contributed by atoms with Gasteiger partial charge in [-0.05, 0) is 41.6 Å². The maximum absolute atomic E-state index is 10.5. The normalized spacial score (nSPS) is 11.6. The van der Waals surface area contributed by atoms with Gasteiger partial charge in [-0.2, -0.15) is 0 Å². The van der Waals surface area contributed by atoms with Crippen LogP contribution in [0.5, 0.6) is 11.5 Å². The average Bonchev–Trinajstić information content (AvgIpc) is 3.01. The van der Waals surface area contributed by atoms with Crippen molar-refractivity contribution in [1.29, 1.82) is 0 Å². The number of phenols is 2. The van der Waals surface area contributed by atoms with E-state index in [-0.39, 0.29) is 16.9 Å². The van der Waals surface area contributed by atoms with E-state index in [9.17, 15) is 10.2 Å². The Labute approximate surface area is 140 Å². The third kappa shape index (κ3) is 2.84. The Morgan fingerprint density at radius 2 is 1.61 bits per heavy atom. The van der Waals surface area contributed by atoms with E-state index in [1.807, 2.05) is 42.6 Å². The molecule has 0 spiro atoms. The monoisotopic (exact) mass is 324 g/mol. The lowest BCUT2D eigenvalue weighted by molar-refractivity contribution is 0.450. The van der Waals surface area contributed by atoms with Crippen molar-refractivity contribution in [3.63, 3.8) is 0 Å². The fraction of sp³-hybridized carbons (Fsp3) is 0.200. The van der Waals surface area contributed by atoms with Gasteiger partial charge in [0, 0.05) is 10.3 Å². The van der Waals surface area contributed by atoms with Crippen LogP contribution < -0.4 is 0 Å². The van der Waals surface area contributed by atoms with E-state index in [0.717, 1.165) is 16.7 Å². The summed E-state index contributed by atoms with van der Waals surface area (Å²) in [5, 5.41) is 23.1. The molecule has 0 amide bonds. The van der Waals surface area contributed by atoms with Crippen LogP contribution in [0.15, 0.2) is 53.9 Å². The standard InChI is InChI=1S/C20H20O2S/c1-13-6-4-7-14(10-13)19-16(21)11-15(12-17(19)22)20(2,3)18-8-5-9-23-18/h4-12,21-22H,1-3H3. The summed E-state index contributed by atoms with van der Waals surface area (Å²) in [6, 6.07) is 15.4. The van der Waals surface area contributed by atoms with E-state index in [1.54, 1.807) is 23.5 Å². The zero-order valence-corrected chi connectivity index (χ0v) is 14.3. The summed E-state index contributed by atoms with van der Waals surface area (Å²) in [4.78, 5) is 1.19. The molecular weight excluding hydrogens is 304 g/mol. The quantitative estimate of drug-likeness (QED) is 0.671. The fourth-order valence-corrected chi connectivity index (χ4v) is 3.72. The first-order valence-corrected chi connectivity index (χ1v) is 8.45. The second kappa shape index (κ2) is 5.74. The highest BCUT2D eigenvalue weighted by molar-refractivity contribution is 7.10. The third-order valence-corrected chi connectivity index (χ3v) is 5.46. The molecule has 118 valence electrons. The number of thiophene rings is 1. The van der Waals surface area contributed by atoms with Crippen molar-refractivity contribution < 1.29 is 10.2 Å². The second-order valence-electron chi connectivity index (χ2n) is 6.36. The number of benzene rings is 2. The van der Waals surface area contributed by atoms with Crippen LogP contribution in [-0.2, 0) is 5.41 Å². The molecule has 0 unspecified atom stereocenters. The van der Waals surface area contributed by atoms with E-state index in [0.29, 0.717) is 5.56 Å². The van der Waals surface area contributed by atoms with Crippen molar-refractivity contribution >= 4 is 11.3 Å². The maximum Gasteiger partial charge on any atom is 0.127 e. The molecule has 3 rings (SSSR count). The molecule has 0 fully saturated rings. The van der Waals surface area contributed by atoms with Crippen molar-refractivity contribution in [3.05, 3.63) is 69.9 Å². The molecule has 2 nitrogen and oxygen atoms in total. The minimum Gasteiger partial charge on any atom is -0.507 e. The summed E-state index contributed by atoms with van der Waals surface area (Å²) in [6.07, 6.45) is 0. The molecular formula is C20H20O2S. The van der Waals surface area contributed by atoms with Crippen LogP contribution in [0, 0.1) is 6.92 Å². The van der Waals surface area contributed by atoms with Gasteiger partial charge in [0.2, 0.25) is 0 Å². The van der Waals surface area contributed by atoms with Gasteiger partial charge in [-0.25, -0.2) is 0 Å². The van der Waals surface area contributed by atoms with Gasteiger partial charge in [0.25, 0.3) is 0 Å². The fourth-order valence-electron chi connectivity index (χ4n) is 2.85. The Balaban J connectivity index is 2.11. The smallest absolute Gasteiger partial charge is 0.127 e. The molecule has 23 heavy (non-hydrogen) atoms. The number of aryl methyl sites for hydroxylation is 1. The molecule has 0 saturated carbocycles. The molecule has 0 bridgehead atoms. The lowest BCUT2D eigenvalue weighted by Crippen LogP contribution is -2.17. The van der Waals surface area contributed by atoms with Crippen LogP contribution in [0.4, 0.5) is 0 Å². The molecule has 0 aliphatic carbocycles. The van der Waals surface area contributed by atoms with Crippen LogP contribution in [0.1, 0.15) is 29.9 Å². The molecule has 0 aliphatic heterocycles. The topological polar surface area (TPSA) is 40.5 Å². The first kappa shape index (κ1) is 15.6. The van der Waals surface area contributed by atoms with E-state index < -0.39 is 0 Å². The van der Waals surface area contributed by atoms with Crippen LogP contribution in [-0.4, -0.2) is 10.2 Å². The lowest BCUT2D eigenvalue weighted by Gasteiger charge is -2.25. The molecule has 3 aromatic rings. The summed E-state index contributed by atoms with van der Waals surface area (Å²) in [7, 11) is 0. The number of hydrogen-bond donors (Lipinski definition) is 2. The second-order valence-corrected chi connectivity index (χ2v) is 7.31. The molecule has 3 heteroatoms. The van der Waals surface area contributed by atoms with Gasteiger partial charge < -0.3 is 10.2 Å². The number of rotatable bonds is 3. The molecule has 2 aromatic carbocycles. The Morgan fingerprint density at radius 1 is 0.913 bits per heavy atom. The first-order chi connectivity index (χ1) is 10.9. The molecule has 0 radical (unpaired) electrons. The number of phenolic OH excluding ortho intramolecular Hbond substituents is 2. The SMILES string of the molecule is Cc1cccc(-c2c(O)cc(C(C)(C)c3cccs3)cc2O)c1. The van der Waals surface area contributed by atoms with Crippen LogP contribution >= 0.6 is 11.3 Å². The maximum atomic E-state index is 10.5. The number of hydrogen-bond acceptors (Lipinski definition) is 3. The first-order valence-electron chi connectivity index (χ1n) is 7.57. The third-order valence-electron chi connectivity index (χ3n) is 4.26. The van der Waals surface area contributed by atoms with Gasteiger partial charge in [-0.1, -0.05) is 49.7 Å². The largest absolute Gasteiger partial charge is 0.507 e. The predicted molar refractivity (Wildman–Crippen MR) is 96.4 cm³/mol. The van der Waals surface area contributed by atoms with Gasteiger partial charge in [0.15, 0.2) is 0 Å². The molecule has 1 aromatic heterocycles. The zero-order chi connectivity index (χ0) is 16.6. The average molecular weight is 324 g/mol. The highest BCUT2D eigenvalue weighted by Crippen LogP contribution is 2.43. The Bertz CT molecular complexity index is 810. The van der Waals surface area contributed by atoms with Crippen molar-refractivity contribution in [2.45, 2.75) is 26.2 Å².